The third kappa shape index (κ3) is 1.50. The first-order chi connectivity index (χ1) is 7.09. The molecule has 4 heteroatoms. The van der Waals surface area contributed by atoms with Crippen LogP contribution < -0.4 is 11.1 Å². The number of amides is 2. The van der Waals surface area contributed by atoms with Crippen LogP contribution in [0.15, 0.2) is 29.8 Å². The van der Waals surface area contributed by atoms with Crippen LogP contribution in [0.3, 0.4) is 0 Å². The summed E-state index contributed by atoms with van der Waals surface area (Å²) in [5.41, 5.74) is 7.76. The molecule has 1 aliphatic heterocycles. The fourth-order valence-electron chi connectivity index (χ4n) is 1.54. The Hall–Kier alpha value is -2.10. The third-order valence-corrected chi connectivity index (χ3v) is 2.37. The molecule has 2 amide bonds. The Bertz CT molecular complexity index is 472. The quantitative estimate of drug-likeness (QED) is 0.520. The molecule has 76 valence electrons. The summed E-state index contributed by atoms with van der Waals surface area (Å²) in [6.07, 6.45) is 0. The van der Waals surface area contributed by atoms with Gasteiger partial charge < -0.3 is 5.73 Å². The summed E-state index contributed by atoms with van der Waals surface area (Å²) in [5, 5.41) is 2.25. The first kappa shape index (κ1) is 9.45. The van der Waals surface area contributed by atoms with Crippen molar-refractivity contribution in [2.75, 3.05) is 5.73 Å². The van der Waals surface area contributed by atoms with Gasteiger partial charge in [-0.2, -0.15) is 0 Å². The minimum atomic E-state index is -0.345. The molecule has 0 saturated heterocycles. The van der Waals surface area contributed by atoms with E-state index in [1.165, 1.54) is 0 Å². The van der Waals surface area contributed by atoms with Gasteiger partial charge in [0.1, 0.15) is 0 Å². The van der Waals surface area contributed by atoms with Gasteiger partial charge in [0.2, 0.25) is 0 Å². The second-order valence-corrected chi connectivity index (χ2v) is 3.41. The van der Waals surface area contributed by atoms with E-state index in [0.29, 0.717) is 22.4 Å². The molecule has 1 aliphatic rings. The Morgan fingerprint density at radius 3 is 2.13 bits per heavy atom. The Kier molecular flexibility index (Phi) is 2.04. The molecule has 0 atom stereocenters. The normalized spacial score (nSPS) is 15.8. The van der Waals surface area contributed by atoms with Crippen molar-refractivity contribution in [2.45, 2.75) is 6.92 Å². The molecule has 4 nitrogen and oxygen atoms in total. The van der Waals surface area contributed by atoms with E-state index in [0.717, 1.165) is 0 Å². The molecular formula is C11H10N2O2. The Labute approximate surface area is 86.8 Å². The van der Waals surface area contributed by atoms with E-state index in [2.05, 4.69) is 5.32 Å². The summed E-state index contributed by atoms with van der Waals surface area (Å²) in [4.78, 5) is 22.7. The van der Waals surface area contributed by atoms with Crippen LogP contribution in [0.4, 0.5) is 5.69 Å². The van der Waals surface area contributed by atoms with Crippen molar-refractivity contribution in [2.24, 2.45) is 0 Å². The van der Waals surface area contributed by atoms with Crippen LogP contribution >= 0.6 is 0 Å². The highest BCUT2D eigenvalue weighted by atomic mass is 16.2. The molecule has 0 radical (unpaired) electrons. The molecule has 15 heavy (non-hydrogen) atoms. The highest BCUT2D eigenvalue weighted by Crippen LogP contribution is 2.24. The monoisotopic (exact) mass is 202 g/mol. The van der Waals surface area contributed by atoms with E-state index in [1.807, 2.05) is 0 Å². The zero-order valence-corrected chi connectivity index (χ0v) is 8.20. The molecule has 0 spiro atoms. The van der Waals surface area contributed by atoms with E-state index in [1.54, 1.807) is 31.2 Å². The number of imide groups is 1. The van der Waals surface area contributed by atoms with Gasteiger partial charge in [-0.1, -0.05) is 12.1 Å². The molecule has 0 bridgehead atoms. The molecule has 0 saturated carbocycles. The Balaban J connectivity index is 2.51. The van der Waals surface area contributed by atoms with Gasteiger partial charge in [-0.15, -0.1) is 0 Å². The van der Waals surface area contributed by atoms with Crippen LogP contribution in [0.2, 0.25) is 0 Å². The van der Waals surface area contributed by atoms with Gasteiger partial charge in [0.25, 0.3) is 11.8 Å². The molecule has 1 aromatic rings. The maximum atomic E-state index is 11.5. The summed E-state index contributed by atoms with van der Waals surface area (Å²) < 4.78 is 0. The molecule has 0 fully saturated rings. The van der Waals surface area contributed by atoms with Gasteiger partial charge >= 0.3 is 0 Å². The Morgan fingerprint density at radius 1 is 1.07 bits per heavy atom. The molecule has 1 heterocycles. The van der Waals surface area contributed by atoms with Crippen molar-refractivity contribution >= 4 is 23.1 Å². The average molecular weight is 202 g/mol. The zero-order valence-electron chi connectivity index (χ0n) is 8.20. The van der Waals surface area contributed by atoms with Crippen LogP contribution in [-0.4, -0.2) is 11.8 Å². The van der Waals surface area contributed by atoms with Crippen molar-refractivity contribution in [1.82, 2.24) is 5.32 Å². The molecule has 1 aromatic carbocycles. The van der Waals surface area contributed by atoms with Gasteiger partial charge in [-0.25, -0.2) is 0 Å². The smallest absolute Gasteiger partial charge is 0.259 e. The van der Waals surface area contributed by atoms with Crippen molar-refractivity contribution < 1.29 is 9.59 Å². The lowest BCUT2D eigenvalue weighted by molar-refractivity contribution is -0.123. The molecule has 2 rings (SSSR count). The van der Waals surface area contributed by atoms with E-state index in [9.17, 15) is 9.59 Å². The number of hydrogen-bond acceptors (Lipinski definition) is 3. The second kappa shape index (κ2) is 3.24. The fraction of sp³-hybridized carbons (Fsp3) is 0.0909. The number of carbonyl (C=O) groups is 2. The molecule has 0 unspecified atom stereocenters. The molecule has 3 N–H and O–H groups in total. The predicted octanol–water partition coefficient (Wildman–Crippen LogP) is 0.699. The van der Waals surface area contributed by atoms with Crippen LogP contribution in [0.25, 0.3) is 5.57 Å². The molecule has 0 aliphatic carbocycles. The maximum Gasteiger partial charge on any atom is 0.259 e. The Morgan fingerprint density at radius 2 is 1.67 bits per heavy atom. The number of anilines is 1. The van der Waals surface area contributed by atoms with Crippen molar-refractivity contribution in [3.8, 4) is 0 Å². The molecular weight excluding hydrogens is 192 g/mol. The first-order valence-corrected chi connectivity index (χ1v) is 4.52. The fourth-order valence-corrected chi connectivity index (χ4v) is 1.54. The number of hydrogen-bond donors (Lipinski definition) is 2. The highest BCUT2D eigenvalue weighted by molar-refractivity contribution is 6.35. The van der Waals surface area contributed by atoms with E-state index < -0.39 is 0 Å². The van der Waals surface area contributed by atoms with Crippen molar-refractivity contribution in [3.63, 3.8) is 0 Å². The van der Waals surface area contributed by atoms with Crippen LogP contribution in [0.5, 0.6) is 0 Å². The number of rotatable bonds is 1. The third-order valence-electron chi connectivity index (χ3n) is 2.37. The van der Waals surface area contributed by atoms with E-state index in [4.69, 9.17) is 5.73 Å². The minimum absolute atomic E-state index is 0.327. The van der Waals surface area contributed by atoms with Crippen molar-refractivity contribution in [3.05, 3.63) is 35.4 Å². The standard InChI is InChI=1S/C11H10N2O2/c1-6-9(11(15)13-10(6)14)7-2-4-8(12)5-3-7/h2-5H,12H2,1H3,(H,13,14,15). The lowest BCUT2D eigenvalue weighted by Gasteiger charge is -2.01. The van der Waals surface area contributed by atoms with Crippen LogP contribution in [0, 0.1) is 0 Å². The summed E-state index contributed by atoms with van der Waals surface area (Å²) >= 11 is 0. The summed E-state index contributed by atoms with van der Waals surface area (Å²) in [6, 6.07) is 6.86. The highest BCUT2D eigenvalue weighted by Gasteiger charge is 2.27. The second-order valence-electron chi connectivity index (χ2n) is 3.41. The zero-order chi connectivity index (χ0) is 11.0. The largest absolute Gasteiger partial charge is 0.399 e. The van der Waals surface area contributed by atoms with Crippen LogP contribution in [0.1, 0.15) is 12.5 Å². The summed E-state index contributed by atoms with van der Waals surface area (Å²) in [5.74, 6) is -0.672. The number of benzene rings is 1. The SMILES string of the molecule is CC1=C(c2ccc(N)cc2)C(=O)NC1=O. The van der Waals surface area contributed by atoms with Gasteiger partial charge in [0, 0.05) is 11.3 Å². The van der Waals surface area contributed by atoms with Gasteiger partial charge in [0.15, 0.2) is 0 Å². The average Bonchev–Trinajstić information content (AvgIpc) is 2.44. The number of nitrogen functional groups attached to an aromatic ring is 1. The van der Waals surface area contributed by atoms with Gasteiger partial charge in [-0.3, -0.25) is 14.9 Å². The van der Waals surface area contributed by atoms with Gasteiger partial charge in [0.05, 0.1) is 5.57 Å². The van der Waals surface area contributed by atoms with E-state index in [-0.39, 0.29) is 11.8 Å². The van der Waals surface area contributed by atoms with Crippen LogP contribution in [-0.2, 0) is 9.59 Å². The lowest BCUT2D eigenvalue weighted by atomic mass is 10.0. The summed E-state index contributed by atoms with van der Waals surface area (Å²) in [6.45, 7) is 1.63. The number of nitrogens with two attached hydrogens (primary N) is 1. The minimum Gasteiger partial charge on any atom is -0.399 e. The summed E-state index contributed by atoms with van der Waals surface area (Å²) in [7, 11) is 0. The molecule has 0 aromatic heterocycles. The lowest BCUT2D eigenvalue weighted by Crippen LogP contribution is -2.22. The van der Waals surface area contributed by atoms with E-state index >= 15 is 0 Å². The maximum absolute atomic E-state index is 11.5. The first-order valence-electron chi connectivity index (χ1n) is 4.52. The van der Waals surface area contributed by atoms with Crippen molar-refractivity contribution in [1.29, 1.82) is 0 Å². The topological polar surface area (TPSA) is 72.2 Å². The number of nitrogens with one attached hydrogen (secondary N) is 1. The number of carbonyl (C=O) groups excluding carboxylic acids is 2. The van der Waals surface area contributed by atoms with Gasteiger partial charge in [-0.05, 0) is 24.6 Å². The predicted molar refractivity (Wildman–Crippen MR) is 56.6 cm³/mol.